The Morgan fingerprint density at radius 1 is 1.53 bits per heavy atom. The summed E-state index contributed by atoms with van der Waals surface area (Å²) >= 11 is 5.28. The Bertz CT molecular complexity index is 449. The lowest BCUT2D eigenvalue weighted by molar-refractivity contribution is -0.275. The van der Waals surface area contributed by atoms with Crippen LogP contribution in [0.15, 0.2) is 6.07 Å². The molecule has 0 spiro atoms. The van der Waals surface area contributed by atoms with Crippen molar-refractivity contribution in [2.45, 2.75) is 12.2 Å². The fourth-order valence-corrected chi connectivity index (χ4v) is 1.19. The summed E-state index contributed by atoms with van der Waals surface area (Å²) in [6.45, 7) is 0. The van der Waals surface area contributed by atoms with E-state index in [0.29, 0.717) is 6.07 Å². The van der Waals surface area contributed by atoms with Crippen molar-refractivity contribution in [3.63, 3.8) is 0 Å². The smallest absolute Gasteiger partial charge is 0.478 e. The van der Waals surface area contributed by atoms with Gasteiger partial charge in [-0.25, -0.2) is 9.78 Å². The van der Waals surface area contributed by atoms with Crippen LogP contribution in [-0.2, 0) is 5.88 Å². The fraction of sp³-hybridized carbons (Fsp3) is 0.250. The molecule has 0 bridgehead atoms. The fourth-order valence-electron chi connectivity index (χ4n) is 0.991. The molecule has 0 aliphatic heterocycles. The number of carboxylic acids is 1. The summed E-state index contributed by atoms with van der Waals surface area (Å²) in [5, 5.41) is 8.65. The molecule has 0 amide bonds. The standard InChI is InChI=1S/C8H4ClF4NO3/c9-2-4-3(7(15)16)1-5(6(10)14-4)17-8(11,12)13/h1H,2H2,(H,15,16). The third-order valence-electron chi connectivity index (χ3n) is 1.61. The molecule has 1 aromatic rings. The van der Waals surface area contributed by atoms with Crippen LogP contribution in [0.2, 0.25) is 0 Å². The van der Waals surface area contributed by atoms with Crippen LogP contribution in [0.1, 0.15) is 16.1 Å². The SMILES string of the molecule is O=C(O)c1cc(OC(F)(F)F)c(F)nc1CCl. The Balaban J connectivity index is 3.25. The molecule has 0 aliphatic rings. The molecular weight excluding hydrogens is 270 g/mol. The van der Waals surface area contributed by atoms with E-state index in [-0.39, 0.29) is 5.69 Å². The predicted molar refractivity (Wildman–Crippen MR) is 47.4 cm³/mol. The van der Waals surface area contributed by atoms with Gasteiger partial charge < -0.3 is 9.84 Å². The van der Waals surface area contributed by atoms with Gasteiger partial charge in [0, 0.05) is 6.07 Å². The van der Waals surface area contributed by atoms with Crippen LogP contribution in [0.3, 0.4) is 0 Å². The molecule has 1 rings (SSSR count). The first-order valence-corrected chi connectivity index (χ1v) is 4.52. The maximum atomic E-state index is 13.0. The lowest BCUT2D eigenvalue weighted by atomic mass is 10.2. The molecule has 0 fully saturated rings. The molecule has 0 unspecified atom stereocenters. The van der Waals surface area contributed by atoms with Crippen molar-refractivity contribution in [1.29, 1.82) is 0 Å². The average molecular weight is 274 g/mol. The van der Waals surface area contributed by atoms with E-state index < -0.39 is 35.5 Å². The highest BCUT2D eigenvalue weighted by molar-refractivity contribution is 6.17. The molecule has 0 saturated heterocycles. The van der Waals surface area contributed by atoms with Crippen LogP contribution in [-0.4, -0.2) is 22.4 Å². The first-order valence-electron chi connectivity index (χ1n) is 3.99. The minimum Gasteiger partial charge on any atom is -0.478 e. The van der Waals surface area contributed by atoms with Crippen LogP contribution in [0.4, 0.5) is 17.6 Å². The second kappa shape index (κ2) is 4.74. The van der Waals surface area contributed by atoms with E-state index in [4.69, 9.17) is 16.7 Å². The topological polar surface area (TPSA) is 59.4 Å². The monoisotopic (exact) mass is 273 g/mol. The van der Waals surface area contributed by atoms with Crippen LogP contribution in [0, 0.1) is 5.95 Å². The Kier molecular flexibility index (Phi) is 3.76. The van der Waals surface area contributed by atoms with Gasteiger partial charge >= 0.3 is 12.3 Å². The molecule has 0 radical (unpaired) electrons. The van der Waals surface area contributed by atoms with E-state index in [9.17, 15) is 22.4 Å². The van der Waals surface area contributed by atoms with Crippen molar-refractivity contribution in [3.05, 3.63) is 23.3 Å². The van der Waals surface area contributed by atoms with E-state index in [0.717, 1.165) is 0 Å². The van der Waals surface area contributed by atoms with Gasteiger partial charge in [0.15, 0.2) is 5.75 Å². The van der Waals surface area contributed by atoms with Crippen molar-refractivity contribution in [2.24, 2.45) is 0 Å². The lowest BCUT2D eigenvalue weighted by Crippen LogP contribution is -2.19. The molecule has 1 N–H and O–H groups in total. The van der Waals surface area contributed by atoms with E-state index >= 15 is 0 Å². The molecule has 1 heterocycles. The highest BCUT2D eigenvalue weighted by Gasteiger charge is 2.33. The van der Waals surface area contributed by atoms with E-state index in [2.05, 4.69) is 9.72 Å². The number of carbonyl (C=O) groups is 1. The third-order valence-corrected chi connectivity index (χ3v) is 1.86. The summed E-state index contributed by atoms with van der Waals surface area (Å²) in [7, 11) is 0. The second-order valence-corrected chi connectivity index (χ2v) is 3.03. The molecule has 0 aliphatic carbocycles. The van der Waals surface area contributed by atoms with Gasteiger partial charge in [-0.15, -0.1) is 24.8 Å². The zero-order valence-electron chi connectivity index (χ0n) is 7.89. The molecule has 4 nitrogen and oxygen atoms in total. The normalized spacial score (nSPS) is 11.4. The van der Waals surface area contributed by atoms with Crippen LogP contribution < -0.4 is 4.74 Å². The molecular formula is C8H4ClF4NO3. The zero-order valence-corrected chi connectivity index (χ0v) is 8.64. The zero-order chi connectivity index (χ0) is 13.2. The number of pyridine rings is 1. The maximum absolute atomic E-state index is 13.0. The quantitative estimate of drug-likeness (QED) is 0.522. The number of nitrogens with zero attached hydrogens (tertiary/aromatic N) is 1. The Labute approximate surface area is 96.8 Å². The number of carboxylic acid groups (broad SMARTS) is 1. The maximum Gasteiger partial charge on any atom is 0.573 e. The number of aromatic nitrogens is 1. The first-order chi connectivity index (χ1) is 7.74. The van der Waals surface area contributed by atoms with Gasteiger partial charge in [-0.05, 0) is 0 Å². The van der Waals surface area contributed by atoms with E-state index in [1.807, 2.05) is 0 Å². The van der Waals surface area contributed by atoms with Gasteiger partial charge in [0.25, 0.3) is 5.95 Å². The van der Waals surface area contributed by atoms with Gasteiger partial charge in [-0.3, -0.25) is 0 Å². The van der Waals surface area contributed by atoms with Crippen molar-refractivity contribution < 1.29 is 32.2 Å². The number of hydrogen-bond donors (Lipinski definition) is 1. The number of aromatic carboxylic acids is 1. The highest BCUT2D eigenvalue weighted by Crippen LogP contribution is 2.27. The molecule has 9 heteroatoms. The molecule has 17 heavy (non-hydrogen) atoms. The number of halogens is 5. The van der Waals surface area contributed by atoms with Crippen molar-refractivity contribution in [2.75, 3.05) is 0 Å². The van der Waals surface area contributed by atoms with Gasteiger partial charge in [0.2, 0.25) is 0 Å². The van der Waals surface area contributed by atoms with Gasteiger partial charge in [0.1, 0.15) is 0 Å². The number of ether oxygens (including phenoxy) is 1. The molecule has 0 atom stereocenters. The largest absolute Gasteiger partial charge is 0.573 e. The molecule has 0 saturated carbocycles. The van der Waals surface area contributed by atoms with Gasteiger partial charge in [0.05, 0.1) is 17.1 Å². The summed E-state index contributed by atoms with van der Waals surface area (Å²) in [4.78, 5) is 13.6. The molecule has 0 aromatic carbocycles. The summed E-state index contributed by atoms with van der Waals surface area (Å²) in [5.74, 6) is -4.93. The predicted octanol–water partition coefficient (Wildman–Crippen LogP) is 2.56. The number of rotatable bonds is 3. The van der Waals surface area contributed by atoms with Crippen molar-refractivity contribution >= 4 is 17.6 Å². The Hall–Kier alpha value is -1.57. The minimum atomic E-state index is -5.14. The van der Waals surface area contributed by atoms with Crippen molar-refractivity contribution in [3.8, 4) is 5.75 Å². The van der Waals surface area contributed by atoms with Gasteiger partial charge in [-0.1, -0.05) is 0 Å². The Morgan fingerprint density at radius 2 is 2.12 bits per heavy atom. The summed E-state index contributed by atoms with van der Waals surface area (Å²) in [6.07, 6.45) is -5.14. The van der Waals surface area contributed by atoms with Crippen LogP contribution in [0.25, 0.3) is 0 Å². The summed E-state index contributed by atoms with van der Waals surface area (Å²) in [5.41, 5.74) is -1.04. The first kappa shape index (κ1) is 13.5. The van der Waals surface area contributed by atoms with Crippen LogP contribution >= 0.6 is 11.6 Å². The van der Waals surface area contributed by atoms with Gasteiger partial charge in [-0.2, -0.15) is 4.39 Å². The van der Waals surface area contributed by atoms with Crippen LogP contribution in [0.5, 0.6) is 5.75 Å². The Morgan fingerprint density at radius 3 is 2.53 bits per heavy atom. The summed E-state index contributed by atoms with van der Waals surface area (Å²) in [6, 6.07) is 0.385. The molecule has 94 valence electrons. The average Bonchev–Trinajstić information content (AvgIpc) is 2.18. The number of hydrogen-bond acceptors (Lipinski definition) is 3. The van der Waals surface area contributed by atoms with E-state index in [1.165, 1.54) is 0 Å². The third kappa shape index (κ3) is 3.45. The lowest BCUT2D eigenvalue weighted by Gasteiger charge is -2.11. The second-order valence-electron chi connectivity index (χ2n) is 2.76. The minimum absolute atomic E-state index is 0.383. The highest BCUT2D eigenvalue weighted by atomic mass is 35.5. The molecule has 1 aromatic heterocycles. The summed E-state index contributed by atoms with van der Waals surface area (Å²) < 4.78 is 51.8. The van der Waals surface area contributed by atoms with Crippen molar-refractivity contribution in [1.82, 2.24) is 4.98 Å². The number of alkyl halides is 4. The van der Waals surface area contributed by atoms with E-state index in [1.54, 1.807) is 0 Å².